The van der Waals surface area contributed by atoms with Crippen LogP contribution < -0.4 is 5.32 Å². The van der Waals surface area contributed by atoms with Gasteiger partial charge in [-0.3, -0.25) is 0 Å². The fourth-order valence-electron chi connectivity index (χ4n) is 3.42. The molecule has 0 bridgehead atoms. The predicted molar refractivity (Wildman–Crippen MR) is 87.9 cm³/mol. The van der Waals surface area contributed by atoms with Crippen LogP contribution in [-0.4, -0.2) is 7.05 Å². The highest BCUT2D eigenvalue weighted by atomic mass is 79.9. The Morgan fingerprint density at radius 1 is 1.24 bits per heavy atom. The lowest BCUT2D eigenvalue weighted by Crippen LogP contribution is -2.31. The molecule has 0 aromatic heterocycles. The molecule has 2 atom stereocenters. The molecule has 0 spiro atoms. The zero-order valence-electron chi connectivity index (χ0n) is 12.1. The third-order valence-electron chi connectivity index (χ3n) is 4.45. The van der Waals surface area contributed by atoms with Gasteiger partial charge in [-0.15, -0.1) is 0 Å². The monoisotopic (exact) mass is 347 g/mol. The molecule has 1 aliphatic rings. The molecule has 1 nitrogen and oxygen atoms in total. The highest BCUT2D eigenvalue weighted by molar-refractivity contribution is 9.10. The van der Waals surface area contributed by atoms with Crippen molar-refractivity contribution in [2.45, 2.75) is 25.3 Å². The first-order valence-electron chi connectivity index (χ1n) is 7.38. The lowest BCUT2D eigenvalue weighted by atomic mass is 9.77. The van der Waals surface area contributed by atoms with Crippen LogP contribution >= 0.6 is 15.9 Å². The van der Waals surface area contributed by atoms with Crippen LogP contribution in [0.25, 0.3) is 0 Å². The Kier molecular flexibility index (Phi) is 4.41. The SMILES string of the molecule is CNC1c2ccccc2CCC1Cc1cc(Br)ccc1F. The van der Waals surface area contributed by atoms with Gasteiger partial charge in [0.15, 0.2) is 0 Å². The van der Waals surface area contributed by atoms with Crippen molar-refractivity contribution in [1.82, 2.24) is 5.32 Å². The van der Waals surface area contributed by atoms with Crippen molar-refractivity contribution >= 4 is 15.9 Å². The summed E-state index contributed by atoms with van der Waals surface area (Å²) in [6.07, 6.45) is 2.94. The molecule has 0 aliphatic heterocycles. The second-order valence-electron chi connectivity index (χ2n) is 5.70. The minimum atomic E-state index is -0.105. The van der Waals surface area contributed by atoms with Crippen LogP contribution in [0.4, 0.5) is 4.39 Å². The molecular weight excluding hydrogens is 329 g/mol. The summed E-state index contributed by atoms with van der Waals surface area (Å²) in [5.41, 5.74) is 3.59. The largest absolute Gasteiger partial charge is 0.313 e. The van der Waals surface area contributed by atoms with E-state index in [2.05, 4.69) is 45.5 Å². The molecule has 21 heavy (non-hydrogen) atoms. The summed E-state index contributed by atoms with van der Waals surface area (Å²) in [4.78, 5) is 0. The van der Waals surface area contributed by atoms with Gasteiger partial charge >= 0.3 is 0 Å². The van der Waals surface area contributed by atoms with E-state index in [4.69, 9.17) is 0 Å². The maximum Gasteiger partial charge on any atom is 0.126 e. The number of hydrogen-bond donors (Lipinski definition) is 1. The van der Waals surface area contributed by atoms with E-state index in [1.165, 1.54) is 11.1 Å². The molecule has 0 amide bonds. The van der Waals surface area contributed by atoms with Gasteiger partial charge in [-0.05, 0) is 67.1 Å². The van der Waals surface area contributed by atoms with Crippen LogP contribution in [0.5, 0.6) is 0 Å². The lowest BCUT2D eigenvalue weighted by Gasteiger charge is -2.33. The topological polar surface area (TPSA) is 12.0 Å². The molecule has 0 radical (unpaired) electrons. The minimum absolute atomic E-state index is 0.105. The van der Waals surface area contributed by atoms with Crippen molar-refractivity contribution in [2.75, 3.05) is 7.05 Å². The number of rotatable bonds is 3. The highest BCUT2D eigenvalue weighted by Gasteiger charge is 2.28. The number of halogens is 2. The van der Waals surface area contributed by atoms with E-state index >= 15 is 0 Å². The molecule has 0 fully saturated rings. The van der Waals surface area contributed by atoms with E-state index in [1.807, 2.05) is 13.1 Å². The molecule has 0 saturated heterocycles. The van der Waals surface area contributed by atoms with Crippen molar-refractivity contribution in [1.29, 1.82) is 0 Å². The fraction of sp³-hybridized carbons (Fsp3) is 0.333. The Balaban J connectivity index is 1.88. The van der Waals surface area contributed by atoms with Crippen molar-refractivity contribution in [3.63, 3.8) is 0 Å². The summed E-state index contributed by atoms with van der Waals surface area (Å²) in [6, 6.07) is 14.1. The van der Waals surface area contributed by atoms with Crippen LogP contribution in [0.15, 0.2) is 46.9 Å². The van der Waals surface area contributed by atoms with Gasteiger partial charge in [0, 0.05) is 10.5 Å². The average Bonchev–Trinajstić information content (AvgIpc) is 2.50. The van der Waals surface area contributed by atoms with Gasteiger partial charge in [-0.1, -0.05) is 40.2 Å². The first kappa shape index (κ1) is 14.7. The van der Waals surface area contributed by atoms with Crippen LogP contribution in [0.2, 0.25) is 0 Å². The Morgan fingerprint density at radius 3 is 2.86 bits per heavy atom. The van der Waals surface area contributed by atoms with Crippen molar-refractivity contribution in [2.24, 2.45) is 5.92 Å². The first-order valence-corrected chi connectivity index (χ1v) is 8.17. The predicted octanol–water partition coefficient (Wildman–Crippen LogP) is 4.65. The van der Waals surface area contributed by atoms with E-state index < -0.39 is 0 Å². The summed E-state index contributed by atoms with van der Waals surface area (Å²) in [7, 11) is 2.00. The summed E-state index contributed by atoms with van der Waals surface area (Å²) in [5.74, 6) is 0.320. The second kappa shape index (κ2) is 6.29. The number of nitrogens with one attached hydrogen (secondary N) is 1. The summed E-state index contributed by atoms with van der Waals surface area (Å²) < 4.78 is 15.0. The maximum absolute atomic E-state index is 14.0. The van der Waals surface area contributed by atoms with E-state index in [9.17, 15) is 4.39 Å². The highest BCUT2D eigenvalue weighted by Crippen LogP contribution is 2.36. The molecule has 110 valence electrons. The zero-order chi connectivity index (χ0) is 14.8. The van der Waals surface area contributed by atoms with Crippen LogP contribution in [0, 0.1) is 11.7 Å². The second-order valence-corrected chi connectivity index (χ2v) is 6.62. The van der Waals surface area contributed by atoms with Gasteiger partial charge < -0.3 is 5.32 Å². The van der Waals surface area contributed by atoms with Gasteiger partial charge in [0.05, 0.1) is 0 Å². The normalized spacial score (nSPS) is 21.1. The van der Waals surface area contributed by atoms with Crippen LogP contribution in [-0.2, 0) is 12.8 Å². The van der Waals surface area contributed by atoms with Crippen molar-refractivity contribution in [3.8, 4) is 0 Å². The van der Waals surface area contributed by atoms with Gasteiger partial charge in [0.2, 0.25) is 0 Å². The molecule has 2 aromatic carbocycles. The van der Waals surface area contributed by atoms with Gasteiger partial charge in [0.25, 0.3) is 0 Å². The van der Waals surface area contributed by atoms with Crippen LogP contribution in [0.3, 0.4) is 0 Å². The van der Waals surface area contributed by atoms with Gasteiger partial charge in [-0.2, -0.15) is 0 Å². The maximum atomic E-state index is 14.0. The average molecular weight is 348 g/mol. The minimum Gasteiger partial charge on any atom is -0.313 e. The molecule has 1 aliphatic carbocycles. The van der Waals surface area contributed by atoms with E-state index in [1.54, 1.807) is 12.1 Å². The number of hydrogen-bond acceptors (Lipinski definition) is 1. The molecular formula is C18H19BrFN. The third kappa shape index (κ3) is 3.04. The summed E-state index contributed by atoms with van der Waals surface area (Å²) >= 11 is 3.44. The standard InChI is InChI=1S/C18H19BrFN/c1-21-18-13(7-6-12-4-2-3-5-16(12)18)10-14-11-15(19)8-9-17(14)20/h2-5,8-9,11,13,18,21H,6-7,10H2,1H3. The molecule has 3 heteroatoms. The fourth-order valence-corrected chi connectivity index (χ4v) is 3.83. The Labute approximate surface area is 133 Å². The van der Waals surface area contributed by atoms with E-state index in [0.717, 1.165) is 29.3 Å². The van der Waals surface area contributed by atoms with Crippen molar-refractivity contribution in [3.05, 3.63) is 69.4 Å². The molecule has 2 unspecified atom stereocenters. The molecule has 0 heterocycles. The zero-order valence-corrected chi connectivity index (χ0v) is 13.7. The number of benzene rings is 2. The number of aryl methyl sites for hydroxylation is 1. The summed E-state index contributed by atoms with van der Waals surface area (Å²) in [5, 5.41) is 3.43. The third-order valence-corrected chi connectivity index (χ3v) is 4.94. The first-order chi connectivity index (χ1) is 10.2. The quantitative estimate of drug-likeness (QED) is 0.851. The summed E-state index contributed by atoms with van der Waals surface area (Å²) in [6.45, 7) is 0. The molecule has 0 saturated carbocycles. The van der Waals surface area contributed by atoms with E-state index in [-0.39, 0.29) is 5.82 Å². The Morgan fingerprint density at radius 2 is 2.05 bits per heavy atom. The van der Waals surface area contributed by atoms with Crippen LogP contribution in [0.1, 0.15) is 29.2 Å². The lowest BCUT2D eigenvalue weighted by molar-refractivity contribution is 0.331. The molecule has 2 aromatic rings. The van der Waals surface area contributed by atoms with Gasteiger partial charge in [-0.25, -0.2) is 4.39 Å². The van der Waals surface area contributed by atoms with E-state index in [0.29, 0.717) is 12.0 Å². The molecule has 3 rings (SSSR count). The van der Waals surface area contributed by atoms with Gasteiger partial charge in [0.1, 0.15) is 5.82 Å². The van der Waals surface area contributed by atoms with Crippen molar-refractivity contribution < 1.29 is 4.39 Å². The molecule has 1 N–H and O–H groups in total. The number of fused-ring (bicyclic) bond motifs is 1. The Bertz CT molecular complexity index is 641. The smallest absolute Gasteiger partial charge is 0.126 e. The Hall–Kier alpha value is -1.19.